The van der Waals surface area contributed by atoms with Gasteiger partial charge in [0, 0.05) is 37.7 Å². The quantitative estimate of drug-likeness (QED) is 0.655. The Morgan fingerprint density at radius 2 is 1.96 bits per heavy atom. The normalized spacial score (nSPS) is 16.7. The minimum Gasteiger partial charge on any atom is -0.362 e. The summed E-state index contributed by atoms with van der Waals surface area (Å²) >= 11 is 0. The fourth-order valence-corrected chi connectivity index (χ4v) is 4.13. The van der Waals surface area contributed by atoms with Crippen molar-refractivity contribution in [2.24, 2.45) is 0 Å². The van der Waals surface area contributed by atoms with E-state index in [1.54, 1.807) is 17.9 Å². The van der Waals surface area contributed by atoms with Gasteiger partial charge in [0.2, 0.25) is 5.95 Å². The van der Waals surface area contributed by atoms with E-state index in [2.05, 4.69) is 22.2 Å². The third-order valence-corrected chi connectivity index (χ3v) is 5.77. The van der Waals surface area contributed by atoms with Gasteiger partial charge < -0.3 is 9.64 Å². The molecule has 6 nitrogen and oxygen atoms in total. The predicted octanol–water partition coefficient (Wildman–Crippen LogP) is 3.43. The molecule has 3 heterocycles. The van der Waals surface area contributed by atoms with E-state index < -0.39 is 5.95 Å². The van der Waals surface area contributed by atoms with Crippen molar-refractivity contribution in [3.8, 4) is 22.3 Å². The van der Waals surface area contributed by atoms with Gasteiger partial charge in [-0.2, -0.15) is 9.49 Å². The molecule has 0 unspecified atom stereocenters. The van der Waals surface area contributed by atoms with Crippen molar-refractivity contribution < 1.29 is 13.9 Å². The van der Waals surface area contributed by atoms with Crippen molar-refractivity contribution in [2.75, 3.05) is 14.2 Å². The second kappa shape index (κ2) is 5.97. The maximum atomic E-state index is 13.2. The Balaban J connectivity index is 1.73. The topological polar surface area (TPSA) is 60.3 Å². The molecular formula is C21H19FN4O2. The van der Waals surface area contributed by atoms with Gasteiger partial charge in [0.15, 0.2) is 5.69 Å². The van der Waals surface area contributed by atoms with Crippen LogP contribution in [0.2, 0.25) is 0 Å². The highest BCUT2D eigenvalue weighted by Crippen LogP contribution is 2.55. The number of aromatic nitrogens is 3. The minimum atomic E-state index is -0.509. The first-order valence-corrected chi connectivity index (χ1v) is 9.15. The van der Waals surface area contributed by atoms with E-state index in [4.69, 9.17) is 4.74 Å². The van der Waals surface area contributed by atoms with E-state index in [9.17, 15) is 9.18 Å². The number of halogens is 1. The minimum absolute atomic E-state index is 0.0800. The second-order valence-corrected chi connectivity index (χ2v) is 7.37. The molecule has 0 N–H and O–H groups in total. The Morgan fingerprint density at radius 1 is 1.18 bits per heavy atom. The smallest absolute Gasteiger partial charge is 0.275 e. The molecule has 0 atom stereocenters. The van der Waals surface area contributed by atoms with Crippen LogP contribution in [0.15, 0.2) is 42.7 Å². The third-order valence-electron chi connectivity index (χ3n) is 5.77. The first kappa shape index (κ1) is 17.1. The standard InChI is InChI=1S/C21H19FN4O2/c1-25-20(27)19-16(11-26(24-19)12-28-2)15-9-13(14-4-6-18(22)23-10-14)3-5-17(15)21(25)7-8-21/h3-6,9-11H,7-8,12H2,1-2H3. The number of benzene rings is 1. The van der Waals surface area contributed by atoms with Crippen LogP contribution in [0.3, 0.4) is 0 Å². The molecule has 142 valence electrons. The first-order valence-electron chi connectivity index (χ1n) is 9.15. The zero-order chi connectivity index (χ0) is 19.5. The van der Waals surface area contributed by atoms with Gasteiger partial charge >= 0.3 is 0 Å². The molecule has 1 aliphatic heterocycles. The molecule has 1 saturated carbocycles. The zero-order valence-electron chi connectivity index (χ0n) is 15.6. The van der Waals surface area contributed by atoms with Crippen molar-refractivity contribution in [1.82, 2.24) is 19.7 Å². The van der Waals surface area contributed by atoms with E-state index in [1.807, 2.05) is 24.2 Å². The van der Waals surface area contributed by atoms with Gasteiger partial charge in [0.1, 0.15) is 6.73 Å². The molecule has 1 aromatic carbocycles. The van der Waals surface area contributed by atoms with Crippen molar-refractivity contribution in [3.05, 3.63) is 59.9 Å². The number of carbonyl (C=O) groups is 1. The average Bonchev–Trinajstić information content (AvgIpc) is 3.41. The Kier molecular flexibility index (Phi) is 3.64. The van der Waals surface area contributed by atoms with Crippen LogP contribution in [0.1, 0.15) is 28.9 Å². The van der Waals surface area contributed by atoms with Gasteiger partial charge in [-0.15, -0.1) is 0 Å². The summed E-state index contributed by atoms with van der Waals surface area (Å²) in [5.41, 5.74) is 4.80. The number of hydrogen-bond donors (Lipinski definition) is 0. The molecule has 1 fully saturated rings. The summed E-state index contributed by atoms with van der Waals surface area (Å²) in [7, 11) is 3.44. The molecule has 7 heteroatoms. The van der Waals surface area contributed by atoms with Gasteiger partial charge in [0.25, 0.3) is 5.91 Å². The molecule has 1 amide bonds. The third kappa shape index (κ3) is 2.39. The average molecular weight is 378 g/mol. The van der Waals surface area contributed by atoms with E-state index in [0.717, 1.165) is 40.7 Å². The molecule has 1 spiro atoms. The lowest BCUT2D eigenvalue weighted by atomic mass is 9.91. The van der Waals surface area contributed by atoms with E-state index in [0.29, 0.717) is 5.69 Å². The molecule has 0 radical (unpaired) electrons. The van der Waals surface area contributed by atoms with Gasteiger partial charge in [-0.1, -0.05) is 12.1 Å². The van der Waals surface area contributed by atoms with E-state index in [1.165, 1.54) is 12.3 Å². The zero-order valence-corrected chi connectivity index (χ0v) is 15.6. The molecule has 0 bridgehead atoms. The number of rotatable bonds is 3. The van der Waals surface area contributed by atoms with Crippen molar-refractivity contribution in [2.45, 2.75) is 25.1 Å². The summed E-state index contributed by atoms with van der Waals surface area (Å²) < 4.78 is 20.0. The number of carbonyl (C=O) groups excluding carboxylic acids is 1. The number of ether oxygens (including phenoxy) is 1. The number of hydrogen-bond acceptors (Lipinski definition) is 4. The largest absolute Gasteiger partial charge is 0.362 e. The van der Waals surface area contributed by atoms with Crippen LogP contribution in [0.25, 0.3) is 22.3 Å². The Bertz CT molecular complexity index is 1090. The highest BCUT2D eigenvalue weighted by molar-refractivity contribution is 6.02. The highest BCUT2D eigenvalue weighted by atomic mass is 19.1. The van der Waals surface area contributed by atoms with Crippen LogP contribution in [0, 0.1) is 5.95 Å². The van der Waals surface area contributed by atoms with Crippen LogP contribution in [-0.4, -0.2) is 39.7 Å². The van der Waals surface area contributed by atoms with Gasteiger partial charge in [0.05, 0.1) is 5.54 Å². The van der Waals surface area contributed by atoms with Crippen molar-refractivity contribution >= 4 is 5.91 Å². The van der Waals surface area contributed by atoms with Crippen molar-refractivity contribution in [3.63, 3.8) is 0 Å². The Labute approximate surface area is 161 Å². The molecule has 0 saturated heterocycles. The monoisotopic (exact) mass is 378 g/mol. The van der Waals surface area contributed by atoms with Crippen LogP contribution in [-0.2, 0) is 17.0 Å². The molecule has 5 rings (SSSR count). The number of fused-ring (bicyclic) bond motifs is 4. The molecule has 28 heavy (non-hydrogen) atoms. The van der Waals surface area contributed by atoms with Crippen molar-refractivity contribution in [1.29, 1.82) is 0 Å². The van der Waals surface area contributed by atoms with Gasteiger partial charge in [-0.3, -0.25) is 4.79 Å². The van der Waals surface area contributed by atoms with Crippen LogP contribution in [0.4, 0.5) is 4.39 Å². The number of nitrogens with zero attached hydrogens (tertiary/aromatic N) is 4. The van der Waals surface area contributed by atoms with Crippen LogP contribution < -0.4 is 0 Å². The maximum Gasteiger partial charge on any atom is 0.275 e. The fraction of sp³-hybridized carbons (Fsp3) is 0.286. The van der Waals surface area contributed by atoms with E-state index >= 15 is 0 Å². The van der Waals surface area contributed by atoms with E-state index in [-0.39, 0.29) is 18.2 Å². The summed E-state index contributed by atoms with van der Waals surface area (Å²) in [4.78, 5) is 18.7. The lowest BCUT2D eigenvalue weighted by Gasteiger charge is -2.27. The lowest BCUT2D eigenvalue weighted by Crippen LogP contribution is -2.36. The number of pyridine rings is 1. The molecule has 2 aromatic heterocycles. The molecular weight excluding hydrogens is 359 g/mol. The summed E-state index contributed by atoms with van der Waals surface area (Å²) in [6.07, 6.45) is 5.24. The second-order valence-electron chi connectivity index (χ2n) is 7.37. The first-order chi connectivity index (χ1) is 13.5. The maximum absolute atomic E-state index is 13.2. The predicted molar refractivity (Wildman–Crippen MR) is 101 cm³/mol. The van der Waals surface area contributed by atoms with Crippen LogP contribution in [0.5, 0.6) is 0 Å². The molecule has 2 aliphatic rings. The number of amides is 1. The lowest BCUT2D eigenvalue weighted by molar-refractivity contribution is 0.0698. The van der Waals surface area contributed by atoms with Crippen LogP contribution >= 0.6 is 0 Å². The summed E-state index contributed by atoms with van der Waals surface area (Å²) in [5.74, 6) is -0.589. The fourth-order valence-electron chi connectivity index (χ4n) is 4.13. The molecule has 1 aliphatic carbocycles. The Morgan fingerprint density at radius 3 is 2.64 bits per heavy atom. The summed E-state index contributed by atoms with van der Waals surface area (Å²) in [6.45, 7) is 0.270. The SMILES string of the molecule is COCn1cc2c(n1)C(=O)N(C)C1(CC1)c1ccc(-c3ccc(F)nc3)cc1-2. The Hall–Kier alpha value is -3.06. The number of methoxy groups -OCH3 is 1. The van der Waals surface area contributed by atoms with Gasteiger partial charge in [-0.25, -0.2) is 9.67 Å². The van der Waals surface area contributed by atoms with Gasteiger partial charge in [-0.05, 0) is 47.7 Å². The summed E-state index contributed by atoms with van der Waals surface area (Å²) in [5, 5.41) is 4.48. The molecule has 3 aromatic rings. The summed E-state index contributed by atoms with van der Waals surface area (Å²) in [6, 6.07) is 9.20. The highest BCUT2D eigenvalue weighted by Gasteiger charge is 2.53.